The van der Waals surface area contributed by atoms with E-state index < -0.39 is 21.6 Å². The van der Waals surface area contributed by atoms with E-state index in [4.69, 9.17) is 9.72 Å². The summed E-state index contributed by atoms with van der Waals surface area (Å²) in [4.78, 5) is 31.0. The van der Waals surface area contributed by atoms with Crippen LogP contribution in [0.15, 0.2) is 59.6 Å². The summed E-state index contributed by atoms with van der Waals surface area (Å²) in [7, 11) is -3.98. The van der Waals surface area contributed by atoms with Crippen LogP contribution >= 0.6 is 11.3 Å². The van der Waals surface area contributed by atoms with E-state index in [0.717, 1.165) is 54.0 Å². The van der Waals surface area contributed by atoms with Crippen molar-refractivity contribution in [2.75, 3.05) is 5.32 Å². The van der Waals surface area contributed by atoms with Gasteiger partial charge in [-0.05, 0) is 97.3 Å². The number of aromatic nitrogens is 1. The summed E-state index contributed by atoms with van der Waals surface area (Å²) in [6.45, 7) is 11.0. The fraction of sp³-hybridized carbons (Fsp3) is 0.514. The van der Waals surface area contributed by atoms with Gasteiger partial charge in [0, 0.05) is 34.4 Å². The molecule has 0 aliphatic heterocycles. The Morgan fingerprint density at radius 2 is 1.79 bits per heavy atom. The van der Waals surface area contributed by atoms with Gasteiger partial charge in [0.15, 0.2) is 0 Å². The average Bonchev–Trinajstić information content (AvgIpc) is 3.49. The lowest BCUT2D eigenvalue weighted by Crippen LogP contribution is -2.50. The van der Waals surface area contributed by atoms with Gasteiger partial charge in [0.25, 0.3) is 0 Å². The molecule has 3 amide bonds. The van der Waals surface area contributed by atoms with Crippen LogP contribution < -0.4 is 20.7 Å². The summed E-state index contributed by atoms with van der Waals surface area (Å²) in [6.07, 6.45) is 6.98. The normalized spacial score (nSPS) is 21.9. The molecule has 1 heterocycles. The van der Waals surface area contributed by atoms with E-state index in [0.29, 0.717) is 17.2 Å². The van der Waals surface area contributed by atoms with Crippen LogP contribution in [0.4, 0.5) is 15.3 Å². The third-order valence-corrected chi connectivity index (χ3v) is 11.9. The van der Waals surface area contributed by atoms with E-state index in [-0.39, 0.29) is 34.6 Å². The number of benzene rings is 2. The molecule has 254 valence electrons. The molecule has 2 aromatic carbocycles. The third kappa shape index (κ3) is 8.52. The largest absolute Gasteiger partial charge is 0.447 e. The first-order valence-electron chi connectivity index (χ1n) is 16.4. The van der Waals surface area contributed by atoms with Crippen LogP contribution in [0.2, 0.25) is 0 Å². The van der Waals surface area contributed by atoms with E-state index in [2.05, 4.69) is 20.7 Å². The minimum absolute atomic E-state index is 0.0715. The molecule has 0 radical (unpaired) electrons. The highest BCUT2D eigenvalue weighted by Gasteiger charge is 2.47. The van der Waals surface area contributed by atoms with Gasteiger partial charge in [0.05, 0.1) is 26.9 Å². The van der Waals surface area contributed by atoms with Gasteiger partial charge >= 0.3 is 12.1 Å². The molecule has 47 heavy (non-hydrogen) atoms. The van der Waals surface area contributed by atoms with E-state index in [1.165, 1.54) is 17.4 Å². The number of anilines is 1. The van der Waals surface area contributed by atoms with Gasteiger partial charge in [-0.1, -0.05) is 42.8 Å². The topological polar surface area (TPSA) is 139 Å². The number of thiazole rings is 1. The molecular weight excluding hydrogens is 635 g/mol. The number of sulfonamides is 1. The summed E-state index contributed by atoms with van der Waals surface area (Å²) >= 11 is 1.53. The van der Waals surface area contributed by atoms with Crippen molar-refractivity contribution in [2.45, 2.75) is 114 Å². The number of hydrogen-bond donors (Lipinski definition) is 4. The van der Waals surface area contributed by atoms with Gasteiger partial charge in [0.2, 0.25) is 10.0 Å². The van der Waals surface area contributed by atoms with Crippen molar-refractivity contribution in [3.05, 3.63) is 65.3 Å². The number of nitrogens with zero attached hydrogens (tertiary/aromatic N) is 1. The minimum atomic E-state index is -3.98. The maximum atomic E-state index is 13.8. The van der Waals surface area contributed by atoms with Gasteiger partial charge in [-0.25, -0.2) is 27.7 Å². The Hall–Kier alpha value is -3.48. The minimum Gasteiger partial charge on any atom is -0.447 e. The summed E-state index contributed by atoms with van der Waals surface area (Å²) in [6, 6.07) is 14.0. The maximum Gasteiger partial charge on any atom is 0.407 e. The SMILES string of the molecule is CC(C)OC(=O)NC1CCC2(c3ncc(-c4ccc(NC(=O)N[C@@H](C)c5ccccc5)cc4S(=O)(=O)NC(C)(C)C)s3)CCCC1C2. The van der Waals surface area contributed by atoms with Crippen LogP contribution in [0.3, 0.4) is 0 Å². The predicted molar refractivity (Wildman–Crippen MR) is 186 cm³/mol. The van der Waals surface area contributed by atoms with Crippen molar-refractivity contribution in [3.63, 3.8) is 0 Å². The number of amides is 3. The monoisotopic (exact) mass is 681 g/mol. The van der Waals surface area contributed by atoms with Crippen molar-refractivity contribution in [1.82, 2.24) is 20.3 Å². The smallest absolute Gasteiger partial charge is 0.407 e. The van der Waals surface area contributed by atoms with Gasteiger partial charge in [-0.3, -0.25) is 0 Å². The molecule has 2 fully saturated rings. The van der Waals surface area contributed by atoms with E-state index in [1.54, 1.807) is 39.1 Å². The Morgan fingerprint density at radius 3 is 2.49 bits per heavy atom. The Balaban J connectivity index is 1.39. The van der Waals surface area contributed by atoms with Crippen LogP contribution in [0.25, 0.3) is 10.4 Å². The molecule has 10 nitrogen and oxygen atoms in total. The second kappa shape index (κ2) is 13.9. The zero-order chi connectivity index (χ0) is 34.0. The van der Waals surface area contributed by atoms with Crippen LogP contribution in [-0.4, -0.2) is 43.2 Å². The van der Waals surface area contributed by atoms with Crippen molar-refractivity contribution in [3.8, 4) is 10.4 Å². The highest BCUT2D eigenvalue weighted by atomic mass is 32.2. The summed E-state index contributed by atoms with van der Waals surface area (Å²) in [5.41, 5.74) is 1.03. The van der Waals surface area contributed by atoms with Crippen LogP contribution in [-0.2, 0) is 20.2 Å². The summed E-state index contributed by atoms with van der Waals surface area (Å²) < 4.78 is 35.7. The molecule has 2 saturated carbocycles. The number of carbonyl (C=O) groups excluding carboxylic acids is 2. The van der Waals surface area contributed by atoms with Crippen molar-refractivity contribution >= 4 is 39.2 Å². The second-order valence-electron chi connectivity index (χ2n) is 14.2. The lowest BCUT2D eigenvalue weighted by molar-refractivity contribution is 0.0824. The molecule has 1 aromatic heterocycles. The first kappa shape index (κ1) is 34.8. The highest BCUT2D eigenvalue weighted by Crippen LogP contribution is 2.52. The number of alkyl carbamates (subject to hydrolysis) is 1. The zero-order valence-corrected chi connectivity index (χ0v) is 29.7. The molecule has 4 N–H and O–H groups in total. The van der Waals surface area contributed by atoms with Crippen LogP contribution in [0.1, 0.15) is 96.7 Å². The standard InChI is InChI=1S/C35H47N5O5S2/c1-22(2)45-33(42)39-28-16-18-35(17-10-13-25(28)20-35)31-36-21-29(46-31)27-15-14-26(19-30(27)47(43,44)40-34(4,5)6)38-32(41)37-23(3)24-11-8-7-9-12-24/h7-9,11-12,14-15,19,21-23,25,28,40H,10,13,16-18,20H2,1-6H3,(H,39,42)(H2,37,38,41)/t23-,25?,28?,35?/m0/s1. The van der Waals surface area contributed by atoms with Gasteiger partial charge < -0.3 is 20.7 Å². The first-order valence-corrected chi connectivity index (χ1v) is 18.7. The van der Waals surface area contributed by atoms with Gasteiger partial charge in [-0.15, -0.1) is 11.3 Å². The summed E-state index contributed by atoms with van der Waals surface area (Å²) in [5.74, 6) is 0.331. The number of fused-ring (bicyclic) bond motifs is 2. The molecule has 4 atom stereocenters. The summed E-state index contributed by atoms with van der Waals surface area (Å²) in [5, 5.41) is 9.83. The molecular formula is C35H47N5O5S2. The lowest BCUT2D eigenvalue weighted by Gasteiger charge is -2.47. The predicted octanol–water partition coefficient (Wildman–Crippen LogP) is 7.49. The molecule has 2 aliphatic rings. The highest BCUT2D eigenvalue weighted by molar-refractivity contribution is 7.89. The fourth-order valence-electron chi connectivity index (χ4n) is 6.85. The Bertz CT molecular complexity index is 1690. The fourth-order valence-corrected chi connectivity index (χ4v) is 9.80. The Labute approximate surface area is 282 Å². The number of ether oxygens (including phenoxy) is 1. The number of rotatable bonds is 9. The van der Waals surface area contributed by atoms with E-state index in [1.807, 2.05) is 51.1 Å². The van der Waals surface area contributed by atoms with Crippen molar-refractivity contribution in [2.24, 2.45) is 5.92 Å². The first-order chi connectivity index (χ1) is 22.1. The average molecular weight is 682 g/mol. The number of urea groups is 1. The maximum absolute atomic E-state index is 13.8. The number of hydrogen-bond acceptors (Lipinski definition) is 7. The zero-order valence-electron chi connectivity index (χ0n) is 28.1. The molecule has 0 spiro atoms. The lowest BCUT2D eigenvalue weighted by atomic mass is 9.60. The number of nitrogens with one attached hydrogen (secondary N) is 4. The quantitative estimate of drug-likeness (QED) is 0.185. The third-order valence-electron chi connectivity index (χ3n) is 8.87. The Kier molecular flexibility index (Phi) is 10.3. The molecule has 12 heteroatoms. The molecule has 3 unspecified atom stereocenters. The molecule has 2 aliphatic carbocycles. The van der Waals surface area contributed by atoms with Crippen LogP contribution in [0, 0.1) is 5.92 Å². The molecule has 2 bridgehead atoms. The molecule has 3 aromatic rings. The van der Waals surface area contributed by atoms with Crippen molar-refractivity contribution < 1.29 is 22.7 Å². The van der Waals surface area contributed by atoms with Gasteiger partial charge in [-0.2, -0.15) is 0 Å². The van der Waals surface area contributed by atoms with E-state index >= 15 is 0 Å². The van der Waals surface area contributed by atoms with Gasteiger partial charge in [0.1, 0.15) is 0 Å². The van der Waals surface area contributed by atoms with Crippen LogP contribution in [0.5, 0.6) is 0 Å². The Morgan fingerprint density at radius 1 is 1.04 bits per heavy atom. The number of carbonyl (C=O) groups is 2. The van der Waals surface area contributed by atoms with Crippen molar-refractivity contribution in [1.29, 1.82) is 0 Å². The molecule has 0 saturated heterocycles. The van der Waals surface area contributed by atoms with E-state index in [9.17, 15) is 18.0 Å². The molecule has 5 rings (SSSR count). The second-order valence-corrected chi connectivity index (χ2v) is 16.9.